The number of carbonyl (C=O) groups excluding carboxylic acids is 1. The minimum absolute atomic E-state index is 0.0109. The highest BCUT2D eigenvalue weighted by Crippen LogP contribution is 2.26. The molecular formula is C21H21F2N3O2S2. The number of halogens is 2. The average Bonchev–Trinajstić information content (AvgIpc) is 3.20. The molecule has 5 nitrogen and oxygen atoms in total. The molecule has 1 aliphatic heterocycles. The molecule has 3 heterocycles. The molecule has 2 aromatic heterocycles. The third-order valence-corrected chi connectivity index (χ3v) is 7.11. The molecule has 1 saturated heterocycles. The van der Waals surface area contributed by atoms with Crippen LogP contribution in [0.15, 0.2) is 39.6 Å². The van der Waals surface area contributed by atoms with Crippen LogP contribution in [0.2, 0.25) is 0 Å². The molecule has 1 fully saturated rings. The van der Waals surface area contributed by atoms with E-state index in [0.29, 0.717) is 10.2 Å². The molecule has 0 radical (unpaired) electrons. The summed E-state index contributed by atoms with van der Waals surface area (Å²) in [5.41, 5.74) is 0.163. The van der Waals surface area contributed by atoms with Crippen molar-refractivity contribution in [3.63, 3.8) is 0 Å². The van der Waals surface area contributed by atoms with Crippen LogP contribution in [-0.4, -0.2) is 38.7 Å². The van der Waals surface area contributed by atoms with Gasteiger partial charge in [-0.25, -0.2) is 13.8 Å². The van der Waals surface area contributed by atoms with Crippen LogP contribution in [0.4, 0.5) is 8.78 Å². The average molecular weight is 450 g/mol. The number of aromatic nitrogens is 2. The molecule has 0 bridgehead atoms. The Bertz CT molecular complexity index is 1120. The van der Waals surface area contributed by atoms with E-state index in [2.05, 4.69) is 11.9 Å². The summed E-state index contributed by atoms with van der Waals surface area (Å²) >= 11 is 2.34. The number of rotatable bonds is 5. The van der Waals surface area contributed by atoms with Gasteiger partial charge < -0.3 is 4.90 Å². The lowest BCUT2D eigenvalue weighted by atomic mass is 10.0. The lowest BCUT2D eigenvalue weighted by Gasteiger charge is -2.35. The smallest absolute Gasteiger partial charge is 0.276 e. The molecule has 0 aliphatic carbocycles. The number of carbonyl (C=O) groups is 1. The fourth-order valence-electron chi connectivity index (χ4n) is 3.85. The fraction of sp³-hybridized carbons (Fsp3) is 0.381. The van der Waals surface area contributed by atoms with E-state index in [1.54, 1.807) is 11.4 Å². The van der Waals surface area contributed by atoms with Crippen LogP contribution in [0.25, 0.3) is 15.9 Å². The van der Waals surface area contributed by atoms with Gasteiger partial charge in [0, 0.05) is 18.7 Å². The van der Waals surface area contributed by atoms with Gasteiger partial charge in [0.25, 0.3) is 5.56 Å². The molecule has 1 aromatic carbocycles. The normalized spacial score (nSPS) is 16.9. The maximum absolute atomic E-state index is 13.8. The number of nitrogens with zero attached hydrogens (tertiary/aromatic N) is 3. The zero-order chi connectivity index (χ0) is 21.3. The minimum atomic E-state index is -0.783. The summed E-state index contributed by atoms with van der Waals surface area (Å²) in [7, 11) is 0. The van der Waals surface area contributed by atoms with Gasteiger partial charge >= 0.3 is 0 Å². The van der Waals surface area contributed by atoms with Crippen molar-refractivity contribution < 1.29 is 13.6 Å². The lowest BCUT2D eigenvalue weighted by molar-refractivity contribution is -0.132. The summed E-state index contributed by atoms with van der Waals surface area (Å²) in [6, 6.07) is 4.90. The number of fused-ring (bicyclic) bond motifs is 1. The van der Waals surface area contributed by atoms with Gasteiger partial charge in [0.05, 0.1) is 17.0 Å². The SMILES string of the molecule is CC[C@@H]1CCCCN1C(=O)CSc1nc2ccsc2c(=O)n1-c1cc(F)cc(F)c1. The monoisotopic (exact) mass is 449 g/mol. The molecule has 1 atom stereocenters. The maximum Gasteiger partial charge on any atom is 0.276 e. The molecule has 1 amide bonds. The lowest BCUT2D eigenvalue weighted by Crippen LogP contribution is -2.44. The first-order valence-electron chi connectivity index (χ1n) is 9.87. The van der Waals surface area contributed by atoms with Crippen molar-refractivity contribution in [2.24, 2.45) is 0 Å². The molecule has 4 rings (SSSR count). The van der Waals surface area contributed by atoms with Crippen molar-refractivity contribution in [2.75, 3.05) is 12.3 Å². The number of likely N-dealkylation sites (tertiary alicyclic amines) is 1. The Morgan fingerprint density at radius 1 is 1.27 bits per heavy atom. The third kappa shape index (κ3) is 4.13. The molecule has 0 saturated carbocycles. The summed E-state index contributed by atoms with van der Waals surface area (Å²) in [4.78, 5) is 32.3. The number of hydrogen-bond donors (Lipinski definition) is 0. The predicted molar refractivity (Wildman–Crippen MR) is 116 cm³/mol. The zero-order valence-corrected chi connectivity index (χ0v) is 18.1. The zero-order valence-electron chi connectivity index (χ0n) is 16.4. The van der Waals surface area contributed by atoms with Gasteiger partial charge in [-0.05, 0) is 49.3 Å². The molecule has 30 heavy (non-hydrogen) atoms. The van der Waals surface area contributed by atoms with Crippen LogP contribution >= 0.6 is 23.1 Å². The second-order valence-corrected chi connectivity index (χ2v) is 9.09. The Morgan fingerprint density at radius 3 is 2.77 bits per heavy atom. The van der Waals surface area contributed by atoms with Gasteiger partial charge in [-0.1, -0.05) is 18.7 Å². The second-order valence-electron chi connectivity index (χ2n) is 7.23. The Balaban J connectivity index is 1.69. The molecule has 0 spiro atoms. The summed E-state index contributed by atoms with van der Waals surface area (Å²) in [5.74, 6) is -1.47. The van der Waals surface area contributed by atoms with Crippen molar-refractivity contribution in [1.29, 1.82) is 0 Å². The van der Waals surface area contributed by atoms with E-state index in [9.17, 15) is 18.4 Å². The van der Waals surface area contributed by atoms with Gasteiger partial charge in [-0.2, -0.15) is 0 Å². The summed E-state index contributed by atoms with van der Waals surface area (Å²) in [5, 5.41) is 1.99. The highest BCUT2D eigenvalue weighted by molar-refractivity contribution is 7.99. The van der Waals surface area contributed by atoms with Crippen LogP contribution in [0, 0.1) is 11.6 Å². The van der Waals surface area contributed by atoms with E-state index in [4.69, 9.17) is 0 Å². The Labute approximate surface area is 180 Å². The summed E-state index contributed by atoms with van der Waals surface area (Å²) in [6.07, 6.45) is 4.01. The summed E-state index contributed by atoms with van der Waals surface area (Å²) in [6.45, 7) is 2.81. The van der Waals surface area contributed by atoms with E-state index < -0.39 is 17.2 Å². The largest absolute Gasteiger partial charge is 0.339 e. The molecule has 9 heteroatoms. The van der Waals surface area contributed by atoms with Crippen molar-refractivity contribution in [2.45, 2.75) is 43.8 Å². The predicted octanol–water partition coefficient (Wildman–Crippen LogP) is 4.61. The van der Waals surface area contributed by atoms with Crippen molar-refractivity contribution in [3.05, 3.63) is 51.6 Å². The van der Waals surface area contributed by atoms with E-state index in [1.165, 1.54) is 15.9 Å². The van der Waals surface area contributed by atoms with Gasteiger partial charge in [0.15, 0.2) is 5.16 Å². The van der Waals surface area contributed by atoms with Gasteiger partial charge in [-0.15, -0.1) is 11.3 Å². The first-order valence-corrected chi connectivity index (χ1v) is 11.7. The van der Waals surface area contributed by atoms with Crippen molar-refractivity contribution >= 4 is 39.2 Å². The second kappa shape index (κ2) is 8.85. The number of thiophene rings is 1. The van der Waals surface area contributed by atoms with Gasteiger partial charge in [0.1, 0.15) is 16.3 Å². The van der Waals surface area contributed by atoms with Crippen molar-refractivity contribution in [1.82, 2.24) is 14.5 Å². The maximum atomic E-state index is 13.8. The van der Waals surface area contributed by atoms with Crippen LogP contribution < -0.4 is 5.56 Å². The number of thioether (sulfide) groups is 1. The Hall–Kier alpha value is -2.26. The number of piperidine rings is 1. The molecular weight excluding hydrogens is 428 g/mol. The fourth-order valence-corrected chi connectivity index (χ4v) is 5.51. The van der Waals surface area contributed by atoms with E-state index >= 15 is 0 Å². The van der Waals surface area contributed by atoms with Gasteiger partial charge in [-0.3, -0.25) is 14.2 Å². The van der Waals surface area contributed by atoms with E-state index in [1.807, 2.05) is 4.90 Å². The van der Waals surface area contributed by atoms with Crippen LogP contribution in [-0.2, 0) is 4.79 Å². The molecule has 0 unspecified atom stereocenters. The van der Waals surface area contributed by atoms with E-state index in [-0.39, 0.29) is 28.5 Å². The third-order valence-electron chi connectivity index (χ3n) is 5.30. The van der Waals surface area contributed by atoms with Crippen LogP contribution in [0.3, 0.4) is 0 Å². The Kier molecular flexibility index (Phi) is 6.19. The first-order chi connectivity index (χ1) is 14.5. The molecule has 0 N–H and O–H groups in total. The minimum Gasteiger partial charge on any atom is -0.339 e. The van der Waals surface area contributed by atoms with Crippen LogP contribution in [0.5, 0.6) is 0 Å². The van der Waals surface area contributed by atoms with Gasteiger partial charge in [0.2, 0.25) is 5.91 Å². The standard InChI is InChI=1S/C21H21F2N3O2S2/c1-2-15-5-3-4-7-25(15)18(27)12-30-21-24-17-6-8-29-19(17)20(28)26(21)16-10-13(22)9-14(23)11-16/h6,8-11,15H,2-5,7,12H2,1H3/t15-/m1/s1. The quantitative estimate of drug-likeness (QED) is 0.422. The number of amides is 1. The number of benzene rings is 1. The first kappa shape index (κ1) is 21.0. The highest BCUT2D eigenvalue weighted by Gasteiger charge is 2.26. The van der Waals surface area contributed by atoms with E-state index in [0.717, 1.165) is 62.2 Å². The molecule has 158 valence electrons. The highest BCUT2D eigenvalue weighted by atomic mass is 32.2. The molecule has 3 aromatic rings. The summed E-state index contributed by atoms with van der Waals surface area (Å²) < 4.78 is 29.2. The Morgan fingerprint density at radius 2 is 2.03 bits per heavy atom. The number of hydrogen-bond acceptors (Lipinski definition) is 5. The van der Waals surface area contributed by atoms with Crippen molar-refractivity contribution in [3.8, 4) is 5.69 Å². The topological polar surface area (TPSA) is 55.2 Å². The molecule has 1 aliphatic rings. The van der Waals surface area contributed by atoms with Crippen LogP contribution in [0.1, 0.15) is 32.6 Å².